The standard InChI is InChI=1S/C16H18N4O2/c1-3-5-6-7-8-14-18-12-9-10-13(20(21)22)11(4-2)15(12)16(17)19-14/h2,9-10H,3,5-8H2,1H3,(H2,17,18,19). The van der Waals surface area contributed by atoms with Crippen molar-refractivity contribution in [3.05, 3.63) is 33.6 Å². The van der Waals surface area contributed by atoms with Crippen LogP contribution in [-0.4, -0.2) is 14.9 Å². The third kappa shape index (κ3) is 3.14. The fourth-order valence-corrected chi connectivity index (χ4v) is 2.41. The third-order valence-electron chi connectivity index (χ3n) is 3.51. The number of nitrogen functional groups attached to an aromatic ring is 1. The Balaban J connectivity index is 2.43. The molecule has 1 heterocycles. The molecule has 114 valence electrons. The molecule has 0 unspecified atom stereocenters. The van der Waals surface area contributed by atoms with Crippen molar-refractivity contribution in [1.82, 2.24) is 9.97 Å². The molecule has 1 aromatic carbocycles. The zero-order valence-electron chi connectivity index (χ0n) is 12.5. The van der Waals surface area contributed by atoms with Crippen molar-refractivity contribution in [2.24, 2.45) is 0 Å². The fourth-order valence-electron chi connectivity index (χ4n) is 2.41. The van der Waals surface area contributed by atoms with Gasteiger partial charge < -0.3 is 5.73 Å². The van der Waals surface area contributed by atoms with Crippen LogP contribution in [0.25, 0.3) is 10.9 Å². The molecular weight excluding hydrogens is 280 g/mol. The maximum Gasteiger partial charge on any atom is 0.285 e. The summed E-state index contributed by atoms with van der Waals surface area (Å²) in [5.74, 6) is 3.19. The molecule has 0 radical (unpaired) electrons. The average molecular weight is 298 g/mol. The number of nitro benzene ring substituents is 1. The number of nitrogens with zero attached hydrogens (tertiary/aromatic N) is 3. The quantitative estimate of drug-likeness (QED) is 0.382. The van der Waals surface area contributed by atoms with Crippen molar-refractivity contribution >= 4 is 22.4 Å². The van der Waals surface area contributed by atoms with E-state index in [-0.39, 0.29) is 17.1 Å². The number of unbranched alkanes of at least 4 members (excludes halogenated alkanes) is 3. The molecule has 0 aliphatic rings. The maximum atomic E-state index is 11.0. The van der Waals surface area contributed by atoms with E-state index in [2.05, 4.69) is 22.8 Å². The fraction of sp³-hybridized carbons (Fsp3) is 0.375. The summed E-state index contributed by atoms with van der Waals surface area (Å²) < 4.78 is 0. The second-order valence-corrected chi connectivity index (χ2v) is 5.09. The molecule has 0 atom stereocenters. The maximum absolute atomic E-state index is 11.0. The molecule has 0 saturated heterocycles. The number of hydrogen-bond donors (Lipinski definition) is 1. The van der Waals surface area contributed by atoms with Gasteiger partial charge in [-0.2, -0.15) is 0 Å². The largest absolute Gasteiger partial charge is 0.383 e. The van der Waals surface area contributed by atoms with Gasteiger partial charge in [0, 0.05) is 12.5 Å². The third-order valence-corrected chi connectivity index (χ3v) is 3.51. The first-order chi connectivity index (χ1) is 10.6. The number of terminal acetylenes is 1. The minimum absolute atomic E-state index is 0.137. The first kappa shape index (κ1) is 15.7. The molecule has 0 spiro atoms. The Bertz CT molecular complexity index is 750. The van der Waals surface area contributed by atoms with Gasteiger partial charge in [0.25, 0.3) is 5.69 Å². The zero-order valence-corrected chi connectivity index (χ0v) is 12.5. The van der Waals surface area contributed by atoms with Gasteiger partial charge in [0.2, 0.25) is 0 Å². The second kappa shape index (κ2) is 6.85. The molecule has 2 N–H and O–H groups in total. The summed E-state index contributed by atoms with van der Waals surface area (Å²) in [5.41, 5.74) is 6.50. The van der Waals surface area contributed by atoms with Crippen molar-refractivity contribution < 1.29 is 4.92 Å². The van der Waals surface area contributed by atoms with Gasteiger partial charge in [-0.3, -0.25) is 10.1 Å². The predicted octanol–water partition coefficient (Wildman–Crippen LogP) is 3.22. The number of fused-ring (bicyclic) bond motifs is 1. The molecule has 2 rings (SSSR count). The van der Waals surface area contributed by atoms with Crippen LogP contribution < -0.4 is 5.73 Å². The van der Waals surface area contributed by atoms with E-state index in [1.165, 1.54) is 12.5 Å². The van der Waals surface area contributed by atoms with Gasteiger partial charge in [-0.25, -0.2) is 9.97 Å². The summed E-state index contributed by atoms with van der Waals surface area (Å²) in [7, 11) is 0. The Kier molecular flexibility index (Phi) is 4.89. The lowest BCUT2D eigenvalue weighted by atomic mass is 10.1. The second-order valence-electron chi connectivity index (χ2n) is 5.09. The molecular formula is C16H18N4O2. The lowest BCUT2D eigenvalue weighted by molar-refractivity contribution is -0.385. The summed E-state index contributed by atoms with van der Waals surface area (Å²) in [6.45, 7) is 2.15. The van der Waals surface area contributed by atoms with E-state index in [9.17, 15) is 10.1 Å². The first-order valence-corrected chi connectivity index (χ1v) is 7.28. The van der Waals surface area contributed by atoms with E-state index >= 15 is 0 Å². The van der Waals surface area contributed by atoms with Gasteiger partial charge in [0.1, 0.15) is 17.2 Å². The molecule has 0 amide bonds. The van der Waals surface area contributed by atoms with Crippen molar-refractivity contribution in [2.75, 3.05) is 5.73 Å². The van der Waals surface area contributed by atoms with Crippen LogP contribution in [-0.2, 0) is 6.42 Å². The van der Waals surface area contributed by atoms with E-state index < -0.39 is 4.92 Å². The van der Waals surface area contributed by atoms with Crippen molar-refractivity contribution in [3.63, 3.8) is 0 Å². The van der Waals surface area contributed by atoms with Crippen LogP contribution in [0.1, 0.15) is 44.0 Å². The van der Waals surface area contributed by atoms with Crippen molar-refractivity contribution in [1.29, 1.82) is 0 Å². The molecule has 0 aliphatic heterocycles. The molecule has 1 aromatic heterocycles. The minimum Gasteiger partial charge on any atom is -0.383 e. The summed E-state index contributed by atoms with van der Waals surface area (Å²) in [6.07, 6.45) is 10.6. The molecule has 6 nitrogen and oxygen atoms in total. The monoisotopic (exact) mass is 298 g/mol. The van der Waals surface area contributed by atoms with Gasteiger partial charge in [0.05, 0.1) is 15.8 Å². The van der Waals surface area contributed by atoms with Crippen LogP contribution in [0.2, 0.25) is 0 Å². The highest BCUT2D eigenvalue weighted by Gasteiger charge is 2.19. The summed E-state index contributed by atoms with van der Waals surface area (Å²) >= 11 is 0. The average Bonchev–Trinajstić information content (AvgIpc) is 2.50. The van der Waals surface area contributed by atoms with Gasteiger partial charge in [-0.1, -0.05) is 32.1 Å². The van der Waals surface area contributed by atoms with E-state index in [4.69, 9.17) is 12.2 Å². The van der Waals surface area contributed by atoms with Crippen LogP contribution in [0.15, 0.2) is 12.1 Å². The number of benzene rings is 1. The molecule has 0 bridgehead atoms. The molecule has 0 saturated carbocycles. The van der Waals surface area contributed by atoms with E-state index in [1.54, 1.807) is 6.07 Å². The highest BCUT2D eigenvalue weighted by molar-refractivity contribution is 5.96. The molecule has 2 aromatic rings. The number of aromatic nitrogens is 2. The van der Waals surface area contributed by atoms with Gasteiger partial charge in [-0.15, -0.1) is 6.42 Å². The van der Waals surface area contributed by atoms with E-state index in [1.807, 2.05) is 0 Å². The lowest BCUT2D eigenvalue weighted by Gasteiger charge is -2.07. The van der Waals surface area contributed by atoms with Crippen LogP contribution >= 0.6 is 0 Å². The lowest BCUT2D eigenvalue weighted by Crippen LogP contribution is -2.04. The van der Waals surface area contributed by atoms with Crippen molar-refractivity contribution in [2.45, 2.75) is 39.0 Å². The van der Waals surface area contributed by atoms with Gasteiger partial charge in [-0.05, 0) is 12.5 Å². The summed E-state index contributed by atoms with van der Waals surface area (Å²) in [5, 5.41) is 11.4. The highest BCUT2D eigenvalue weighted by Crippen LogP contribution is 2.29. The van der Waals surface area contributed by atoms with Crippen LogP contribution in [0.3, 0.4) is 0 Å². The number of aryl methyl sites for hydroxylation is 1. The number of hydrogen-bond acceptors (Lipinski definition) is 5. The number of nitro groups is 1. The van der Waals surface area contributed by atoms with Gasteiger partial charge in [0.15, 0.2) is 0 Å². The summed E-state index contributed by atoms with van der Waals surface area (Å²) in [6, 6.07) is 2.94. The smallest absolute Gasteiger partial charge is 0.285 e. The highest BCUT2D eigenvalue weighted by atomic mass is 16.6. The minimum atomic E-state index is -0.521. The zero-order chi connectivity index (χ0) is 16.1. The molecule has 0 fully saturated rings. The first-order valence-electron chi connectivity index (χ1n) is 7.28. The Morgan fingerprint density at radius 2 is 2.09 bits per heavy atom. The van der Waals surface area contributed by atoms with Crippen LogP contribution in [0, 0.1) is 22.5 Å². The topological polar surface area (TPSA) is 94.9 Å². The van der Waals surface area contributed by atoms with E-state index in [0.29, 0.717) is 16.7 Å². The van der Waals surface area contributed by atoms with E-state index in [0.717, 1.165) is 25.7 Å². The number of nitrogens with two attached hydrogens (primary N) is 1. The Hall–Kier alpha value is -2.68. The molecule has 6 heteroatoms. The Labute approximate surface area is 128 Å². The number of rotatable bonds is 6. The Morgan fingerprint density at radius 1 is 1.32 bits per heavy atom. The molecule has 22 heavy (non-hydrogen) atoms. The normalized spacial score (nSPS) is 10.5. The predicted molar refractivity (Wildman–Crippen MR) is 86.4 cm³/mol. The van der Waals surface area contributed by atoms with Crippen LogP contribution in [0.4, 0.5) is 11.5 Å². The van der Waals surface area contributed by atoms with Crippen molar-refractivity contribution in [3.8, 4) is 12.3 Å². The summed E-state index contributed by atoms with van der Waals surface area (Å²) in [4.78, 5) is 19.2. The van der Waals surface area contributed by atoms with Gasteiger partial charge >= 0.3 is 0 Å². The molecule has 0 aliphatic carbocycles. The number of anilines is 1. The SMILES string of the molecule is C#Cc1c([N+](=O)[O-])ccc2nc(CCCCCC)nc(N)c12. The van der Waals surface area contributed by atoms with Crippen LogP contribution in [0.5, 0.6) is 0 Å². The Morgan fingerprint density at radius 3 is 2.73 bits per heavy atom.